The van der Waals surface area contributed by atoms with Gasteiger partial charge in [0.05, 0.1) is 12.0 Å². The molecule has 0 aromatic rings. The number of aliphatic hydroxyl groups excluding tert-OH is 1. The number of hydrogen-bond donors (Lipinski definition) is 1. The fourth-order valence-electron chi connectivity index (χ4n) is 1.62. The van der Waals surface area contributed by atoms with Crippen LogP contribution in [0.5, 0.6) is 0 Å². The molecule has 4 nitrogen and oxygen atoms in total. The monoisotopic (exact) mass is 213 g/mol. The Morgan fingerprint density at radius 1 is 1.47 bits per heavy atom. The zero-order chi connectivity index (χ0) is 11.6. The molecule has 15 heavy (non-hydrogen) atoms. The van der Waals surface area contributed by atoms with Gasteiger partial charge in [-0.3, -0.25) is 9.59 Å². The van der Waals surface area contributed by atoms with Gasteiger partial charge in [0.1, 0.15) is 0 Å². The molecule has 1 atom stereocenters. The number of amides is 1. The first-order valence-corrected chi connectivity index (χ1v) is 5.33. The van der Waals surface area contributed by atoms with E-state index in [-0.39, 0.29) is 6.61 Å². The quantitative estimate of drug-likeness (QED) is 0.692. The maximum Gasteiger partial charge on any atom is 0.290 e. The molecule has 1 heterocycles. The fraction of sp³-hybridized carbons (Fsp3) is 0.818. The number of rotatable bonds is 3. The Labute approximate surface area is 90.3 Å². The Balaban J connectivity index is 2.65. The molecule has 0 bridgehead atoms. The maximum atomic E-state index is 11.8. The minimum atomic E-state index is -0.955. The first-order chi connectivity index (χ1) is 6.88. The number of carbonyl (C=O) groups excluding carboxylic acids is 2. The highest BCUT2D eigenvalue weighted by molar-refractivity contribution is 6.38. The van der Waals surface area contributed by atoms with Gasteiger partial charge < -0.3 is 10.0 Å². The van der Waals surface area contributed by atoms with E-state index in [9.17, 15) is 9.59 Å². The average Bonchev–Trinajstić information content (AvgIpc) is 2.62. The minimum Gasteiger partial charge on any atom is -0.395 e. The molecule has 0 aromatic heterocycles. The average molecular weight is 213 g/mol. The lowest BCUT2D eigenvalue weighted by atomic mass is 9.88. The third-order valence-corrected chi connectivity index (χ3v) is 2.92. The second kappa shape index (κ2) is 4.31. The third-order valence-electron chi connectivity index (χ3n) is 2.92. The van der Waals surface area contributed by atoms with E-state index in [1.165, 1.54) is 0 Å². The van der Waals surface area contributed by atoms with Gasteiger partial charge in [-0.05, 0) is 12.3 Å². The summed E-state index contributed by atoms with van der Waals surface area (Å²) in [6.07, 6.45) is 0.957. The van der Waals surface area contributed by atoms with Crippen LogP contribution in [0.1, 0.15) is 27.2 Å². The van der Waals surface area contributed by atoms with Gasteiger partial charge in [0.2, 0.25) is 5.78 Å². The van der Waals surface area contributed by atoms with E-state index in [1.54, 1.807) is 18.7 Å². The lowest BCUT2D eigenvalue weighted by molar-refractivity contribution is -0.149. The Kier molecular flexibility index (Phi) is 3.50. The first-order valence-electron chi connectivity index (χ1n) is 5.33. The summed E-state index contributed by atoms with van der Waals surface area (Å²) < 4.78 is 0. The Morgan fingerprint density at radius 3 is 2.47 bits per heavy atom. The standard InChI is InChI=1S/C11H19NO3/c1-8-4-5-12(6-8)10(15)9(14)11(2,3)7-13/h8,13H,4-7H2,1-3H3. The second-order valence-corrected chi connectivity index (χ2v) is 5.02. The van der Waals surface area contributed by atoms with E-state index in [0.717, 1.165) is 6.42 Å². The van der Waals surface area contributed by atoms with Crippen LogP contribution in [0, 0.1) is 11.3 Å². The van der Waals surface area contributed by atoms with Crippen LogP contribution in [0.3, 0.4) is 0 Å². The van der Waals surface area contributed by atoms with Crippen LogP contribution in [0.15, 0.2) is 0 Å². The summed E-state index contributed by atoms with van der Waals surface area (Å²) >= 11 is 0. The lowest BCUT2D eigenvalue weighted by Crippen LogP contribution is -2.43. The molecule has 4 heteroatoms. The molecular weight excluding hydrogens is 194 g/mol. The van der Waals surface area contributed by atoms with Crippen molar-refractivity contribution in [3.05, 3.63) is 0 Å². The van der Waals surface area contributed by atoms with E-state index in [4.69, 9.17) is 5.11 Å². The number of nitrogens with zero attached hydrogens (tertiary/aromatic N) is 1. The summed E-state index contributed by atoms with van der Waals surface area (Å²) in [5.41, 5.74) is -0.955. The molecule has 1 amide bonds. The summed E-state index contributed by atoms with van der Waals surface area (Å²) in [4.78, 5) is 25.1. The molecule has 0 aliphatic carbocycles. The van der Waals surface area contributed by atoms with Crippen molar-refractivity contribution in [2.45, 2.75) is 27.2 Å². The Morgan fingerprint density at radius 2 is 2.07 bits per heavy atom. The predicted molar refractivity (Wildman–Crippen MR) is 56.2 cm³/mol. The van der Waals surface area contributed by atoms with Crippen LogP contribution in [-0.2, 0) is 9.59 Å². The molecule has 1 saturated heterocycles. The number of ketones is 1. The normalized spacial score (nSPS) is 21.9. The van der Waals surface area contributed by atoms with E-state index in [2.05, 4.69) is 6.92 Å². The van der Waals surface area contributed by atoms with Gasteiger partial charge in [-0.1, -0.05) is 20.8 Å². The van der Waals surface area contributed by atoms with Crippen LogP contribution < -0.4 is 0 Å². The van der Waals surface area contributed by atoms with E-state index >= 15 is 0 Å². The van der Waals surface area contributed by atoms with Crippen LogP contribution in [0.25, 0.3) is 0 Å². The molecule has 0 spiro atoms. The van der Waals surface area contributed by atoms with Crippen molar-refractivity contribution in [1.82, 2.24) is 4.90 Å². The summed E-state index contributed by atoms with van der Waals surface area (Å²) in [6.45, 7) is 6.27. The van der Waals surface area contributed by atoms with E-state index < -0.39 is 17.1 Å². The SMILES string of the molecule is CC1CCN(C(=O)C(=O)C(C)(C)CO)C1. The van der Waals surface area contributed by atoms with Gasteiger partial charge in [0, 0.05) is 13.1 Å². The molecule has 0 saturated carbocycles. The van der Waals surface area contributed by atoms with Crippen LogP contribution in [0.2, 0.25) is 0 Å². The topological polar surface area (TPSA) is 57.6 Å². The molecule has 0 aromatic carbocycles. The number of carbonyl (C=O) groups is 2. The number of aliphatic hydroxyl groups is 1. The van der Waals surface area contributed by atoms with Crippen LogP contribution >= 0.6 is 0 Å². The molecule has 1 unspecified atom stereocenters. The molecule has 1 rings (SSSR count). The van der Waals surface area contributed by atoms with Gasteiger partial charge in [-0.25, -0.2) is 0 Å². The van der Waals surface area contributed by atoms with Crippen molar-refractivity contribution < 1.29 is 14.7 Å². The predicted octanol–water partition coefficient (Wildman–Crippen LogP) is 0.442. The highest BCUT2D eigenvalue weighted by Crippen LogP contribution is 2.20. The van der Waals surface area contributed by atoms with Gasteiger partial charge in [0.15, 0.2) is 0 Å². The number of likely N-dealkylation sites (tertiary alicyclic amines) is 1. The zero-order valence-electron chi connectivity index (χ0n) is 9.62. The molecule has 86 valence electrons. The molecular formula is C11H19NO3. The van der Waals surface area contributed by atoms with Crippen LogP contribution in [0.4, 0.5) is 0 Å². The zero-order valence-corrected chi connectivity index (χ0v) is 9.62. The second-order valence-electron chi connectivity index (χ2n) is 5.02. The van der Waals surface area contributed by atoms with Crippen molar-refractivity contribution in [2.24, 2.45) is 11.3 Å². The molecule has 1 N–H and O–H groups in total. The molecule has 1 aliphatic heterocycles. The molecule has 1 aliphatic rings. The number of Topliss-reactive ketones (excluding diaryl/α,β-unsaturated/α-hetero) is 1. The van der Waals surface area contributed by atoms with Gasteiger partial charge in [-0.15, -0.1) is 0 Å². The minimum absolute atomic E-state index is 0.291. The molecule has 0 radical (unpaired) electrons. The number of hydrogen-bond acceptors (Lipinski definition) is 3. The van der Waals surface area contributed by atoms with E-state index in [1.807, 2.05) is 0 Å². The summed E-state index contributed by atoms with van der Waals surface area (Å²) in [5.74, 6) is -0.462. The van der Waals surface area contributed by atoms with Crippen LogP contribution in [-0.4, -0.2) is 41.4 Å². The van der Waals surface area contributed by atoms with Crippen molar-refractivity contribution >= 4 is 11.7 Å². The van der Waals surface area contributed by atoms with Crippen molar-refractivity contribution in [3.63, 3.8) is 0 Å². The Hall–Kier alpha value is -0.900. The van der Waals surface area contributed by atoms with Crippen molar-refractivity contribution in [2.75, 3.05) is 19.7 Å². The first kappa shape index (κ1) is 12.2. The summed E-state index contributed by atoms with van der Waals surface area (Å²) in [7, 11) is 0. The molecule has 1 fully saturated rings. The summed E-state index contributed by atoms with van der Waals surface area (Å²) in [5, 5.41) is 9.02. The summed E-state index contributed by atoms with van der Waals surface area (Å²) in [6, 6.07) is 0. The lowest BCUT2D eigenvalue weighted by Gasteiger charge is -2.23. The highest BCUT2D eigenvalue weighted by atomic mass is 16.3. The third kappa shape index (κ3) is 2.56. The van der Waals surface area contributed by atoms with Gasteiger partial charge >= 0.3 is 0 Å². The Bertz CT molecular complexity index is 273. The maximum absolute atomic E-state index is 11.8. The largest absolute Gasteiger partial charge is 0.395 e. The fourth-order valence-corrected chi connectivity index (χ4v) is 1.62. The smallest absolute Gasteiger partial charge is 0.290 e. The van der Waals surface area contributed by atoms with Crippen molar-refractivity contribution in [3.8, 4) is 0 Å². The van der Waals surface area contributed by atoms with Crippen molar-refractivity contribution in [1.29, 1.82) is 0 Å². The van der Waals surface area contributed by atoms with E-state index in [0.29, 0.717) is 19.0 Å². The van der Waals surface area contributed by atoms with Gasteiger partial charge in [-0.2, -0.15) is 0 Å². The highest BCUT2D eigenvalue weighted by Gasteiger charge is 2.36. The van der Waals surface area contributed by atoms with Gasteiger partial charge in [0.25, 0.3) is 5.91 Å².